The van der Waals surface area contributed by atoms with Crippen LogP contribution in [0.3, 0.4) is 0 Å². The van der Waals surface area contributed by atoms with E-state index in [0.717, 1.165) is 12.8 Å². The molecule has 0 bridgehead atoms. The average Bonchev–Trinajstić information content (AvgIpc) is 2.49. The summed E-state index contributed by atoms with van der Waals surface area (Å²) in [6.45, 7) is 11.8. The maximum absolute atomic E-state index is 13.2. The summed E-state index contributed by atoms with van der Waals surface area (Å²) in [4.78, 5) is 36.8. The van der Waals surface area contributed by atoms with Gasteiger partial charge in [-0.05, 0) is 43.4 Å². The molecule has 17 heteroatoms. The number of ketones is 2. The number of allylic oxidation sites excluding steroid dienone is 1. The Morgan fingerprint density at radius 1 is 0.892 bits per heavy atom. The van der Waals surface area contributed by atoms with Gasteiger partial charge in [-0.2, -0.15) is 0 Å². The van der Waals surface area contributed by atoms with Crippen molar-refractivity contribution in [3.8, 4) is 0 Å². The third-order valence-electron chi connectivity index (χ3n) is 7.17. The Bertz CT molecular complexity index is 643. The minimum atomic E-state index is -0.665. The molecule has 0 unspecified atom stereocenters. The number of hydrogen-bond acceptors (Lipinski definition) is 4. The van der Waals surface area contributed by atoms with Gasteiger partial charge in [0.15, 0.2) is 0 Å². The van der Waals surface area contributed by atoms with Gasteiger partial charge >= 0.3 is 0 Å². The molecule has 2 aliphatic carbocycles. The van der Waals surface area contributed by atoms with Gasteiger partial charge in [-0.3, -0.25) is 9.59 Å². The zero-order valence-corrected chi connectivity index (χ0v) is 59.5. The van der Waals surface area contributed by atoms with Crippen LogP contribution in [-0.4, -0.2) is 24.0 Å². The predicted molar refractivity (Wildman–Crippen MR) is 89.7 cm³/mol. The smallest absolute Gasteiger partial charge is 0.139 e. The van der Waals surface area contributed by atoms with Gasteiger partial charge in [0.2, 0.25) is 0 Å². The van der Waals surface area contributed by atoms with E-state index in [0.29, 0.717) is 18.6 Å². The van der Waals surface area contributed by atoms with Gasteiger partial charge in [0.25, 0.3) is 0 Å². The van der Waals surface area contributed by atoms with Crippen molar-refractivity contribution in [2.75, 3.05) is 0 Å². The van der Waals surface area contributed by atoms with Crippen LogP contribution in [-0.2, 0) is 444 Å². The molecule has 0 amide bonds. The predicted octanol–water partition coefficient (Wildman–Crippen LogP) is 3.22. The Hall–Kier alpha value is 12.9. The molecular weight excluding hydrogens is 1460 g/mol. The van der Waals surface area contributed by atoms with Crippen LogP contribution in [0.2, 0.25) is 0 Å². The maximum Gasteiger partial charge on any atom is 0.139 e. The van der Waals surface area contributed by atoms with Crippen LogP contribution in [0.1, 0.15) is 53.4 Å². The summed E-state index contributed by atoms with van der Waals surface area (Å²) < 4.78 is 5.62. The number of Topliss-reactive ketones (excluding diaryl/α,β-unsaturated/α-hetero) is 2. The topological polar surface area (TPSA) is 60.4 Å². The molecule has 0 aromatic heterocycles. The van der Waals surface area contributed by atoms with Gasteiger partial charge in [0.05, 0.1) is 5.76 Å². The van der Waals surface area contributed by atoms with Crippen LogP contribution in [0.4, 0.5) is 0 Å². The van der Waals surface area contributed by atoms with Crippen molar-refractivity contribution in [3.05, 3.63) is 12.3 Å². The van der Waals surface area contributed by atoms with E-state index in [2.05, 4.69) is 20.4 Å². The molecule has 171 valence electrons. The van der Waals surface area contributed by atoms with E-state index < -0.39 is 11.5 Å². The van der Waals surface area contributed by atoms with Crippen LogP contribution in [0.5, 0.6) is 0 Å². The summed E-state index contributed by atoms with van der Waals surface area (Å²) in [5.41, 5.74) is -0.740. The van der Waals surface area contributed by atoms with Crippen molar-refractivity contribution < 1.29 is 444 Å². The second-order valence-corrected chi connectivity index (χ2v) is 8.63. The van der Waals surface area contributed by atoms with Crippen molar-refractivity contribution in [2.45, 2.75) is 59.5 Å². The molecule has 13 radical (unpaired) electrons. The third kappa shape index (κ3) is 19.7. The first-order valence-electron chi connectivity index (χ1n) is 8.92. The van der Waals surface area contributed by atoms with Gasteiger partial charge in [-0.25, -0.2) is 6.29 Å². The Balaban J connectivity index is -0.0000000578. The molecular formula is C20H27O4Y13-. The van der Waals surface area contributed by atoms with E-state index in [1.54, 1.807) is 6.92 Å². The van der Waals surface area contributed by atoms with Gasteiger partial charge < -0.3 is 9.53 Å². The summed E-state index contributed by atoms with van der Waals surface area (Å²) in [6, 6.07) is 0. The first-order chi connectivity index (χ1) is 11.1. The largest absolute Gasteiger partial charge is 0.538 e. The molecule has 1 heterocycles. The molecule has 0 N–H and O–H groups in total. The van der Waals surface area contributed by atoms with Crippen molar-refractivity contribution in [1.82, 2.24) is 0 Å². The number of fused-ring (bicyclic) bond motifs is 3. The summed E-state index contributed by atoms with van der Waals surface area (Å²) >= 11 is 0. The fraction of sp³-hybridized carbons (Fsp3) is 0.750. The van der Waals surface area contributed by atoms with E-state index in [4.69, 9.17) is 4.74 Å². The van der Waals surface area contributed by atoms with Crippen LogP contribution in [0.15, 0.2) is 12.3 Å². The second-order valence-electron chi connectivity index (χ2n) is 8.63. The molecule has 1 saturated heterocycles. The summed E-state index contributed by atoms with van der Waals surface area (Å²) in [7, 11) is 0. The zero-order chi connectivity index (χ0) is 17.9. The monoisotopic (exact) mass is 1490 g/mol. The third-order valence-corrected chi connectivity index (χ3v) is 7.17. The molecule has 3 aliphatic rings. The molecule has 3 fully saturated rings. The van der Waals surface area contributed by atoms with Crippen molar-refractivity contribution in [3.63, 3.8) is 0 Å². The first-order valence-corrected chi connectivity index (χ1v) is 8.92. The molecule has 0 spiro atoms. The number of carbonyl (C=O) groups excluding carboxylic acids is 3. The van der Waals surface area contributed by atoms with Crippen LogP contribution in [0, 0.1) is 34.5 Å². The summed E-state index contributed by atoms with van der Waals surface area (Å²) in [5.74, 6) is 0.615. The summed E-state index contributed by atoms with van der Waals surface area (Å²) in [5, 5.41) is 0. The van der Waals surface area contributed by atoms with E-state index in [1.807, 2.05) is 13.2 Å². The molecule has 2 saturated carbocycles. The normalized spacial score (nSPS) is 31.2. The van der Waals surface area contributed by atoms with Crippen LogP contribution in [0.25, 0.3) is 0 Å². The standard InChI is InChI=1S/C20H27O4.13Y/c1-11-8-16(12(2)22)19(4)7-6-15-13(3)24-14(10-21)9-20(15,5)18(19)17(11)23;;;;;;;;;;;;;/h11,14-16,18H,3,6-9H2,1-2,4-5H3;;;;;;;;;;;;;/q-1;;;;;;;;;;;;;/t11-,14-,15+,16+,18+,19+,20+;;;;;;;;;;;;;/m1............./s1. The van der Waals surface area contributed by atoms with Crippen molar-refractivity contribution >= 4 is 17.9 Å². The molecule has 3 rings (SSSR count). The number of rotatable bonds is 2. The first kappa shape index (κ1) is 78.9. The number of hydrogen-bond donors (Lipinski definition) is 0. The zero-order valence-electron chi connectivity index (χ0n) is 22.6. The van der Waals surface area contributed by atoms with Crippen molar-refractivity contribution in [1.29, 1.82) is 0 Å². The van der Waals surface area contributed by atoms with E-state index in [1.165, 1.54) is 0 Å². The van der Waals surface area contributed by atoms with Crippen LogP contribution >= 0.6 is 0 Å². The number of ether oxygens (including phenoxy) is 1. The SMILES string of the molecule is C=C1O[C@@H]([C-]=O)C[C@]2(C)[C@H]3C(=O)[C@H](C)C[C@@H](C(C)=O)[C@]3(C)CC[C@@H]12.[Y].[Y].[Y].[Y].[Y].[Y].[Y].[Y].[Y].[Y].[Y].[Y].[Y]. The van der Waals surface area contributed by atoms with Gasteiger partial charge in [-0.15, -0.1) is 0 Å². The Kier molecular flexibility index (Phi) is 79.3. The van der Waals surface area contributed by atoms with Crippen LogP contribution < -0.4 is 0 Å². The van der Waals surface area contributed by atoms with Crippen molar-refractivity contribution in [2.24, 2.45) is 34.5 Å². The van der Waals surface area contributed by atoms with Gasteiger partial charge in [0.1, 0.15) is 11.6 Å². The molecule has 7 atom stereocenters. The quantitative estimate of drug-likeness (QED) is 0.400. The Morgan fingerprint density at radius 2 is 1.32 bits per heavy atom. The minimum Gasteiger partial charge on any atom is -0.538 e. The summed E-state index contributed by atoms with van der Waals surface area (Å²) in [6.07, 6.45) is 4.07. The Morgan fingerprint density at radius 3 is 1.70 bits per heavy atom. The molecule has 4 nitrogen and oxygen atoms in total. The molecule has 0 aromatic carbocycles. The van der Waals surface area contributed by atoms with E-state index in [9.17, 15) is 14.4 Å². The van der Waals surface area contributed by atoms with E-state index >= 15 is 0 Å². The maximum atomic E-state index is 13.2. The average molecular weight is 1490 g/mol. The van der Waals surface area contributed by atoms with Gasteiger partial charge in [-0.1, -0.05) is 27.4 Å². The van der Waals surface area contributed by atoms with Gasteiger partial charge in [0, 0.05) is 455 Å². The molecule has 37 heavy (non-hydrogen) atoms. The Labute approximate surface area is 552 Å². The fourth-order valence-corrected chi connectivity index (χ4v) is 6.12. The van der Waals surface area contributed by atoms with E-state index in [-0.39, 0.29) is 466 Å². The molecule has 0 aromatic rings. The number of carbonyl (C=O) groups is 2. The second kappa shape index (κ2) is 37.2. The minimum absolute atomic E-state index is 0. The molecule has 1 aliphatic heterocycles. The fourth-order valence-electron chi connectivity index (χ4n) is 6.12.